The lowest BCUT2D eigenvalue weighted by molar-refractivity contribution is -0.122. The minimum atomic E-state index is -0.322. The first-order valence-electron chi connectivity index (χ1n) is 6.57. The Morgan fingerprint density at radius 1 is 1.16 bits per heavy atom. The van der Waals surface area contributed by atoms with Crippen LogP contribution in [0.2, 0.25) is 0 Å². The standard InChI is InChI=1S/C14H16N2O3/c17-11-5-3-4-10(8-11)16-13(18)9-12(14(16)19)15-6-1-2-7-15/h3-5,8,12,17H,1-2,6-7,9H2. The Hall–Kier alpha value is -1.88. The van der Waals surface area contributed by atoms with Crippen molar-refractivity contribution in [3.63, 3.8) is 0 Å². The number of benzene rings is 1. The van der Waals surface area contributed by atoms with E-state index in [0.29, 0.717) is 5.69 Å². The van der Waals surface area contributed by atoms with Crippen molar-refractivity contribution < 1.29 is 14.7 Å². The van der Waals surface area contributed by atoms with Crippen molar-refractivity contribution in [1.29, 1.82) is 0 Å². The van der Waals surface area contributed by atoms with Crippen LogP contribution in [-0.4, -0.2) is 41.0 Å². The van der Waals surface area contributed by atoms with Gasteiger partial charge in [-0.05, 0) is 38.1 Å². The maximum atomic E-state index is 12.4. The number of carbonyl (C=O) groups is 2. The largest absolute Gasteiger partial charge is 0.508 e. The number of amides is 2. The predicted octanol–water partition coefficient (Wildman–Crippen LogP) is 1.12. The van der Waals surface area contributed by atoms with Gasteiger partial charge in [-0.15, -0.1) is 0 Å². The van der Waals surface area contributed by atoms with Crippen LogP contribution in [0.3, 0.4) is 0 Å². The van der Waals surface area contributed by atoms with Crippen LogP contribution in [0.15, 0.2) is 24.3 Å². The van der Waals surface area contributed by atoms with Gasteiger partial charge in [0.25, 0.3) is 5.91 Å². The molecule has 0 radical (unpaired) electrons. The van der Waals surface area contributed by atoms with Gasteiger partial charge in [0, 0.05) is 6.07 Å². The van der Waals surface area contributed by atoms with Crippen molar-refractivity contribution in [2.24, 2.45) is 0 Å². The summed E-state index contributed by atoms with van der Waals surface area (Å²) in [5.74, 6) is -0.298. The Balaban J connectivity index is 1.86. The number of hydrogen-bond acceptors (Lipinski definition) is 4. The molecular formula is C14H16N2O3. The number of nitrogens with zero attached hydrogens (tertiary/aromatic N) is 2. The van der Waals surface area contributed by atoms with Crippen molar-refractivity contribution in [2.45, 2.75) is 25.3 Å². The minimum absolute atomic E-state index is 0.0581. The number of carbonyl (C=O) groups excluding carboxylic acids is 2. The summed E-state index contributed by atoms with van der Waals surface area (Å²) < 4.78 is 0. The van der Waals surface area contributed by atoms with Gasteiger partial charge in [0.15, 0.2) is 0 Å². The van der Waals surface area contributed by atoms with Crippen LogP contribution < -0.4 is 4.90 Å². The van der Waals surface area contributed by atoms with E-state index < -0.39 is 0 Å². The molecule has 0 aromatic heterocycles. The molecule has 100 valence electrons. The number of rotatable bonds is 2. The van der Waals surface area contributed by atoms with E-state index in [1.165, 1.54) is 17.0 Å². The van der Waals surface area contributed by atoms with Crippen molar-refractivity contribution in [3.05, 3.63) is 24.3 Å². The highest BCUT2D eigenvalue weighted by molar-refractivity contribution is 6.22. The Morgan fingerprint density at radius 2 is 1.89 bits per heavy atom. The number of likely N-dealkylation sites (tertiary alicyclic amines) is 1. The third-order valence-electron chi connectivity index (χ3n) is 3.79. The number of imide groups is 1. The summed E-state index contributed by atoms with van der Waals surface area (Å²) >= 11 is 0. The zero-order valence-electron chi connectivity index (χ0n) is 10.6. The van der Waals surface area contributed by atoms with Crippen molar-refractivity contribution in [1.82, 2.24) is 4.90 Å². The fourth-order valence-corrected chi connectivity index (χ4v) is 2.86. The first-order chi connectivity index (χ1) is 9.16. The van der Waals surface area contributed by atoms with Gasteiger partial charge in [-0.1, -0.05) is 6.07 Å². The summed E-state index contributed by atoms with van der Waals surface area (Å²) in [6, 6.07) is 5.95. The maximum absolute atomic E-state index is 12.4. The second kappa shape index (κ2) is 4.66. The van der Waals surface area contributed by atoms with Gasteiger partial charge in [0.2, 0.25) is 5.91 Å². The molecule has 0 spiro atoms. The molecule has 2 aliphatic heterocycles. The molecule has 5 heteroatoms. The van der Waals surface area contributed by atoms with Crippen LogP contribution >= 0.6 is 0 Å². The number of hydrogen-bond donors (Lipinski definition) is 1. The zero-order chi connectivity index (χ0) is 13.4. The molecule has 0 saturated carbocycles. The normalized spacial score (nSPS) is 24.4. The highest BCUT2D eigenvalue weighted by Gasteiger charge is 2.43. The van der Waals surface area contributed by atoms with Crippen LogP contribution in [0.4, 0.5) is 5.69 Å². The first-order valence-corrected chi connectivity index (χ1v) is 6.57. The molecule has 1 atom stereocenters. The molecule has 2 aliphatic rings. The van der Waals surface area contributed by atoms with E-state index in [0.717, 1.165) is 25.9 Å². The van der Waals surface area contributed by atoms with Crippen LogP contribution in [0.5, 0.6) is 5.75 Å². The Kier molecular flexibility index (Phi) is 2.98. The van der Waals surface area contributed by atoms with E-state index in [4.69, 9.17) is 0 Å². The van der Waals surface area contributed by atoms with Gasteiger partial charge in [-0.3, -0.25) is 14.5 Å². The summed E-state index contributed by atoms with van der Waals surface area (Å²) in [4.78, 5) is 27.7. The monoisotopic (exact) mass is 260 g/mol. The van der Waals surface area contributed by atoms with E-state index >= 15 is 0 Å². The number of phenolic OH excluding ortho intramolecular Hbond substituents is 1. The predicted molar refractivity (Wildman–Crippen MR) is 69.8 cm³/mol. The number of phenols is 1. The molecule has 1 aromatic carbocycles. The highest BCUT2D eigenvalue weighted by Crippen LogP contribution is 2.29. The summed E-state index contributed by atoms with van der Waals surface area (Å²) in [5, 5.41) is 9.46. The Bertz CT molecular complexity index is 523. The van der Waals surface area contributed by atoms with Gasteiger partial charge in [0.1, 0.15) is 5.75 Å². The van der Waals surface area contributed by atoms with Gasteiger partial charge in [-0.2, -0.15) is 0 Å². The van der Waals surface area contributed by atoms with Crippen molar-refractivity contribution in [3.8, 4) is 5.75 Å². The van der Waals surface area contributed by atoms with E-state index in [1.54, 1.807) is 12.1 Å². The lowest BCUT2D eigenvalue weighted by Crippen LogP contribution is -2.40. The Morgan fingerprint density at radius 3 is 2.58 bits per heavy atom. The van der Waals surface area contributed by atoms with Crippen LogP contribution in [-0.2, 0) is 9.59 Å². The molecular weight excluding hydrogens is 244 g/mol. The SMILES string of the molecule is O=C1CC(N2CCCC2)C(=O)N1c1cccc(O)c1. The number of anilines is 1. The molecule has 0 aliphatic carbocycles. The van der Waals surface area contributed by atoms with E-state index in [-0.39, 0.29) is 30.0 Å². The third kappa shape index (κ3) is 2.10. The van der Waals surface area contributed by atoms with Gasteiger partial charge < -0.3 is 5.11 Å². The van der Waals surface area contributed by atoms with Crippen LogP contribution in [0, 0.1) is 0 Å². The molecule has 5 nitrogen and oxygen atoms in total. The number of aromatic hydroxyl groups is 1. The first kappa shape index (κ1) is 12.2. The average Bonchev–Trinajstić information content (AvgIpc) is 2.97. The molecule has 2 saturated heterocycles. The molecule has 1 aromatic rings. The quantitative estimate of drug-likeness (QED) is 0.809. The van der Waals surface area contributed by atoms with Crippen molar-refractivity contribution >= 4 is 17.5 Å². The molecule has 2 fully saturated rings. The Labute approximate surface area is 111 Å². The highest BCUT2D eigenvalue weighted by atomic mass is 16.3. The van der Waals surface area contributed by atoms with E-state index in [2.05, 4.69) is 4.90 Å². The smallest absolute Gasteiger partial charge is 0.251 e. The maximum Gasteiger partial charge on any atom is 0.251 e. The van der Waals surface area contributed by atoms with Gasteiger partial charge >= 0.3 is 0 Å². The second-order valence-electron chi connectivity index (χ2n) is 5.05. The van der Waals surface area contributed by atoms with E-state index in [1.807, 2.05) is 0 Å². The molecule has 3 rings (SSSR count). The summed E-state index contributed by atoms with van der Waals surface area (Å²) in [6.07, 6.45) is 2.42. The van der Waals surface area contributed by atoms with Gasteiger partial charge in [-0.25, -0.2) is 4.90 Å². The molecule has 2 heterocycles. The molecule has 19 heavy (non-hydrogen) atoms. The fraction of sp³-hybridized carbons (Fsp3) is 0.429. The molecule has 1 N–H and O–H groups in total. The minimum Gasteiger partial charge on any atom is -0.508 e. The van der Waals surface area contributed by atoms with Crippen LogP contribution in [0.25, 0.3) is 0 Å². The lowest BCUT2D eigenvalue weighted by atomic mass is 10.2. The lowest BCUT2D eigenvalue weighted by Gasteiger charge is -2.21. The topological polar surface area (TPSA) is 60.9 Å². The summed E-state index contributed by atoms with van der Waals surface area (Å²) in [6.45, 7) is 1.77. The van der Waals surface area contributed by atoms with E-state index in [9.17, 15) is 14.7 Å². The fourth-order valence-electron chi connectivity index (χ4n) is 2.86. The van der Waals surface area contributed by atoms with Crippen LogP contribution in [0.1, 0.15) is 19.3 Å². The molecule has 0 bridgehead atoms. The molecule has 2 amide bonds. The zero-order valence-corrected chi connectivity index (χ0v) is 10.6. The summed E-state index contributed by atoms with van der Waals surface area (Å²) in [5.41, 5.74) is 0.455. The van der Waals surface area contributed by atoms with Crippen molar-refractivity contribution in [2.75, 3.05) is 18.0 Å². The van der Waals surface area contributed by atoms with Gasteiger partial charge in [0.05, 0.1) is 18.2 Å². The molecule has 1 unspecified atom stereocenters. The second-order valence-corrected chi connectivity index (χ2v) is 5.05. The third-order valence-corrected chi connectivity index (χ3v) is 3.79. The average molecular weight is 260 g/mol. The summed E-state index contributed by atoms with van der Waals surface area (Å²) in [7, 11) is 0.